The van der Waals surface area contributed by atoms with Gasteiger partial charge in [0.2, 0.25) is 10.0 Å². The molecule has 2 rings (SSSR count). The lowest BCUT2D eigenvalue weighted by Crippen LogP contribution is -2.27. The van der Waals surface area contributed by atoms with E-state index in [0.29, 0.717) is 13.0 Å². The second kappa shape index (κ2) is 6.41. The number of hydrogen-bond acceptors (Lipinski definition) is 3. The van der Waals surface area contributed by atoms with Crippen molar-refractivity contribution in [1.82, 2.24) is 14.9 Å². The van der Waals surface area contributed by atoms with Gasteiger partial charge >= 0.3 is 0 Å². The number of hydrogen-bond donors (Lipinski definition) is 2. The zero-order chi connectivity index (χ0) is 15.5. The molecule has 0 unspecified atom stereocenters. The second-order valence-electron chi connectivity index (χ2n) is 5.24. The van der Waals surface area contributed by atoms with Crippen molar-refractivity contribution < 1.29 is 8.42 Å². The Morgan fingerprint density at radius 3 is 2.52 bits per heavy atom. The van der Waals surface area contributed by atoms with E-state index in [4.69, 9.17) is 0 Å². The van der Waals surface area contributed by atoms with E-state index in [1.165, 1.54) is 0 Å². The van der Waals surface area contributed by atoms with Gasteiger partial charge in [0, 0.05) is 12.2 Å². The van der Waals surface area contributed by atoms with E-state index in [-0.39, 0.29) is 5.75 Å². The topological polar surface area (TPSA) is 74.8 Å². The van der Waals surface area contributed by atoms with Crippen LogP contribution in [0, 0.1) is 20.8 Å². The number of H-pyrrole nitrogens is 1. The Morgan fingerprint density at radius 1 is 1.19 bits per heavy atom. The standard InChI is InChI=1S/C15H21N3O2S/c1-11-6-4-5-7-14(11)10-21(19,20)16-9-8-15-12(2)17-18-13(15)3/h4-7,16H,8-10H2,1-3H3,(H,17,18). The number of benzene rings is 1. The molecule has 1 heterocycles. The number of rotatable bonds is 6. The van der Waals surface area contributed by atoms with Crippen molar-refractivity contribution in [1.29, 1.82) is 0 Å². The molecule has 0 aliphatic heterocycles. The van der Waals surface area contributed by atoms with Crippen molar-refractivity contribution in [3.63, 3.8) is 0 Å². The Labute approximate surface area is 125 Å². The van der Waals surface area contributed by atoms with Crippen LogP contribution in [0.3, 0.4) is 0 Å². The van der Waals surface area contributed by atoms with Gasteiger partial charge in [0.15, 0.2) is 0 Å². The smallest absolute Gasteiger partial charge is 0.215 e. The highest BCUT2D eigenvalue weighted by Crippen LogP contribution is 2.12. The first-order chi connectivity index (χ1) is 9.89. The average molecular weight is 307 g/mol. The minimum absolute atomic E-state index is 0.0169. The molecule has 0 fully saturated rings. The second-order valence-corrected chi connectivity index (χ2v) is 7.05. The quantitative estimate of drug-likeness (QED) is 0.857. The van der Waals surface area contributed by atoms with E-state index in [2.05, 4.69) is 14.9 Å². The van der Waals surface area contributed by atoms with Gasteiger partial charge in [0.05, 0.1) is 11.4 Å². The van der Waals surface area contributed by atoms with Crippen LogP contribution in [0.25, 0.3) is 0 Å². The average Bonchev–Trinajstić information content (AvgIpc) is 2.73. The van der Waals surface area contributed by atoms with E-state index < -0.39 is 10.0 Å². The van der Waals surface area contributed by atoms with Crippen LogP contribution < -0.4 is 4.72 Å². The van der Waals surface area contributed by atoms with Gasteiger partial charge in [-0.25, -0.2) is 13.1 Å². The normalized spacial score (nSPS) is 11.8. The Bertz CT molecular complexity index is 701. The highest BCUT2D eigenvalue weighted by molar-refractivity contribution is 7.88. The lowest BCUT2D eigenvalue weighted by molar-refractivity contribution is 0.580. The largest absolute Gasteiger partial charge is 0.282 e. The Kier molecular flexibility index (Phi) is 4.80. The fourth-order valence-electron chi connectivity index (χ4n) is 2.30. The van der Waals surface area contributed by atoms with Gasteiger partial charge in [0.1, 0.15) is 0 Å². The molecule has 21 heavy (non-hydrogen) atoms. The Hall–Kier alpha value is -1.66. The van der Waals surface area contributed by atoms with Crippen molar-refractivity contribution in [2.75, 3.05) is 6.54 Å². The number of nitrogens with one attached hydrogen (secondary N) is 2. The summed E-state index contributed by atoms with van der Waals surface area (Å²) in [7, 11) is -3.32. The fraction of sp³-hybridized carbons (Fsp3) is 0.400. The van der Waals surface area contributed by atoms with E-state index >= 15 is 0 Å². The summed E-state index contributed by atoms with van der Waals surface area (Å²) in [6.45, 7) is 6.16. The summed E-state index contributed by atoms with van der Waals surface area (Å²) in [6, 6.07) is 7.53. The molecule has 0 spiro atoms. The lowest BCUT2D eigenvalue weighted by Gasteiger charge is -2.09. The number of aromatic amines is 1. The molecule has 2 aromatic rings. The third kappa shape index (κ3) is 4.15. The third-order valence-corrected chi connectivity index (χ3v) is 4.92. The molecule has 5 nitrogen and oxygen atoms in total. The predicted octanol–water partition coefficient (Wildman–Crippen LogP) is 2.00. The van der Waals surface area contributed by atoms with Crippen molar-refractivity contribution in [3.8, 4) is 0 Å². The molecule has 0 saturated carbocycles. The zero-order valence-corrected chi connectivity index (χ0v) is 13.4. The van der Waals surface area contributed by atoms with Crippen LogP contribution in [-0.2, 0) is 22.2 Å². The van der Waals surface area contributed by atoms with Gasteiger partial charge in [-0.05, 0) is 43.9 Å². The number of nitrogens with zero attached hydrogens (tertiary/aromatic N) is 1. The van der Waals surface area contributed by atoms with E-state index in [1.807, 2.05) is 45.0 Å². The molecule has 1 aromatic carbocycles. The van der Waals surface area contributed by atoms with Crippen molar-refractivity contribution in [2.24, 2.45) is 0 Å². The molecule has 114 valence electrons. The van der Waals surface area contributed by atoms with Crippen LogP contribution in [-0.4, -0.2) is 25.2 Å². The summed E-state index contributed by atoms with van der Waals surface area (Å²) in [6.07, 6.45) is 0.640. The Morgan fingerprint density at radius 2 is 1.90 bits per heavy atom. The predicted molar refractivity (Wildman–Crippen MR) is 83.6 cm³/mol. The molecule has 0 aliphatic rings. The van der Waals surface area contributed by atoms with E-state index in [1.54, 1.807) is 0 Å². The summed E-state index contributed by atoms with van der Waals surface area (Å²) >= 11 is 0. The lowest BCUT2D eigenvalue weighted by atomic mass is 10.1. The highest BCUT2D eigenvalue weighted by Gasteiger charge is 2.13. The van der Waals surface area contributed by atoms with Gasteiger partial charge in [0.25, 0.3) is 0 Å². The summed E-state index contributed by atoms with van der Waals surface area (Å²) in [5, 5.41) is 7.01. The zero-order valence-electron chi connectivity index (χ0n) is 12.6. The van der Waals surface area contributed by atoms with Gasteiger partial charge in [-0.15, -0.1) is 0 Å². The van der Waals surface area contributed by atoms with Gasteiger partial charge in [-0.1, -0.05) is 24.3 Å². The SMILES string of the molecule is Cc1ccccc1CS(=O)(=O)NCCc1c(C)n[nH]c1C. The van der Waals surface area contributed by atoms with Gasteiger partial charge in [-0.3, -0.25) is 5.10 Å². The first-order valence-electron chi connectivity index (χ1n) is 6.91. The fourth-order valence-corrected chi connectivity index (χ4v) is 3.55. The van der Waals surface area contributed by atoms with E-state index in [0.717, 1.165) is 28.1 Å². The summed E-state index contributed by atoms with van der Waals surface area (Å²) in [5.74, 6) is 0.0169. The Balaban J connectivity index is 1.95. The van der Waals surface area contributed by atoms with Crippen LogP contribution in [0.15, 0.2) is 24.3 Å². The summed E-state index contributed by atoms with van der Waals surface area (Å²) in [4.78, 5) is 0. The molecular formula is C15H21N3O2S. The molecule has 0 bridgehead atoms. The minimum Gasteiger partial charge on any atom is -0.282 e. The molecule has 6 heteroatoms. The van der Waals surface area contributed by atoms with E-state index in [9.17, 15) is 8.42 Å². The first kappa shape index (κ1) is 15.7. The number of aryl methyl sites for hydroxylation is 3. The molecule has 0 radical (unpaired) electrons. The first-order valence-corrected chi connectivity index (χ1v) is 8.56. The van der Waals surface area contributed by atoms with Crippen molar-refractivity contribution in [3.05, 3.63) is 52.3 Å². The molecule has 0 atom stereocenters. The molecule has 0 aliphatic carbocycles. The van der Waals surface area contributed by atoms with Crippen molar-refractivity contribution in [2.45, 2.75) is 32.9 Å². The van der Waals surface area contributed by atoms with Crippen LogP contribution in [0.1, 0.15) is 28.1 Å². The maximum absolute atomic E-state index is 12.1. The molecule has 0 amide bonds. The highest BCUT2D eigenvalue weighted by atomic mass is 32.2. The van der Waals surface area contributed by atoms with Crippen LogP contribution in [0.4, 0.5) is 0 Å². The summed E-state index contributed by atoms with van der Waals surface area (Å²) in [5.41, 5.74) is 4.81. The minimum atomic E-state index is -3.32. The number of sulfonamides is 1. The van der Waals surface area contributed by atoms with Crippen molar-refractivity contribution >= 4 is 10.0 Å². The molecule has 0 saturated heterocycles. The molecular weight excluding hydrogens is 286 g/mol. The van der Waals surface area contributed by atoms with Crippen LogP contribution in [0.2, 0.25) is 0 Å². The maximum Gasteiger partial charge on any atom is 0.215 e. The maximum atomic E-state index is 12.1. The van der Waals surface area contributed by atoms with Gasteiger partial charge in [-0.2, -0.15) is 5.10 Å². The van der Waals surface area contributed by atoms with Gasteiger partial charge < -0.3 is 0 Å². The summed E-state index contributed by atoms with van der Waals surface area (Å²) < 4.78 is 26.9. The van der Waals surface area contributed by atoms with Crippen LogP contribution in [0.5, 0.6) is 0 Å². The molecule has 2 N–H and O–H groups in total. The monoisotopic (exact) mass is 307 g/mol. The number of aromatic nitrogens is 2. The molecule has 1 aromatic heterocycles. The van der Waals surface area contributed by atoms with Crippen LogP contribution >= 0.6 is 0 Å². The third-order valence-electron chi connectivity index (χ3n) is 3.58.